The Bertz CT molecular complexity index is 1270. The number of piperazine rings is 1. The smallest absolute Gasteiger partial charge is 0.132 e. The van der Waals surface area contributed by atoms with Gasteiger partial charge in [-0.1, -0.05) is 24.8 Å². The molecule has 7 nitrogen and oxygen atoms in total. The Hall–Kier alpha value is -3.71. The monoisotopic (exact) mass is 455 g/mol. The molecule has 4 heterocycles. The van der Waals surface area contributed by atoms with Crippen molar-refractivity contribution in [2.75, 3.05) is 50.5 Å². The molecule has 1 N–H and O–H groups in total. The molecule has 0 bridgehead atoms. The fraction of sp³-hybridized carbons (Fsp3) is 0.296. The van der Waals surface area contributed by atoms with E-state index in [2.05, 4.69) is 75.0 Å². The number of pyridine rings is 2. The van der Waals surface area contributed by atoms with Gasteiger partial charge in [0.15, 0.2) is 0 Å². The molecule has 4 aromatic rings. The molecule has 0 amide bonds. The predicted octanol–water partition coefficient (Wildman–Crippen LogP) is 4.46. The molecular weight excluding hydrogens is 422 g/mol. The number of hydrogen-bond acceptors (Lipinski definition) is 6. The Morgan fingerprint density at radius 1 is 0.941 bits per heavy atom. The molecule has 7 heteroatoms. The Morgan fingerprint density at radius 3 is 2.41 bits per heavy atom. The predicted molar refractivity (Wildman–Crippen MR) is 142 cm³/mol. The molecule has 0 unspecified atom stereocenters. The number of benzene rings is 1. The standard InChI is InChI=1S/C14H14N4.C13H19N3/c1-15-14-6-12-5-10(3-4-11(12)7-16-14)13-8-17-18(2)9-13;1-4-12-5-6-14-13(11(12)2)16-9-7-15(3)8-10-16/h3-9H,1-2H3,(H,15,16);4-6H,1,7-10H2,2-3H3. The SMILES string of the molecule is C=Cc1ccnc(N2CCN(C)CC2)c1C.CNc1cc2cc(-c3cnn(C)c3)ccc2cn1. The van der Waals surface area contributed by atoms with Crippen LogP contribution in [0.5, 0.6) is 0 Å². The Morgan fingerprint density at radius 2 is 1.74 bits per heavy atom. The molecule has 1 aromatic carbocycles. The third kappa shape index (κ3) is 5.26. The summed E-state index contributed by atoms with van der Waals surface area (Å²) in [7, 11) is 5.96. The summed E-state index contributed by atoms with van der Waals surface area (Å²) in [6, 6.07) is 10.4. The van der Waals surface area contributed by atoms with Crippen molar-refractivity contribution >= 4 is 28.5 Å². The zero-order chi connectivity index (χ0) is 24.1. The summed E-state index contributed by atoms with van der Waals surface area (Å²) in [4.78, 5) is 13.5. The molecule has 3 aromatic heterocycles. The minimum Gasteiger partial charge on any atom is -0.373 e. The second-order valence-electron chi connectivity index (χ2n) is 8.63. The maximum Gasteiger partial charge on any atom is 0.132 e. The highest BCUT2D eigenvalue weighted by Crippen LogP contribution is 2.25. The minimum atomic E-state index is 0.880. The van der Waals surface area contributed by atoms with Gasteiger partial charge < -0.3 is 15.1 Å². The van der Waals surface area contributed by atoms with Gasteiger partial charge in [0.2, 0.25) is 0 Å². The van der Waals surface area contributed by atoms with Gasteiger partial charge in [0.05, 0.1) is 6.20 Å². The topological polar surface area (TPSA) is 62.1 Å². The van der Waals surface area contributed by atoms with Gasteiger partial charge in [-0.2, -0.15) is 5.10 Å². The van der Waals surface area contributed by atoms with Crippen molar-refractivity contribution in [1.82, 2.24) is 24.6 Å². The normalized spacial score (nSPS) is 13.9. The van der Waals surface area contributed by atoms with Crippen molar-refractivity contribution in [2.24, 2.45) is 7.05 Å². The molecule has 0 radical (unpaired) electrons. The van der Waals surface area contributed by atoms with Crippen LogP contribution in [0.4, 0.5) is 11.6 Å². The molecule has 1 aliphatic rings. The van der Waals surface area contributed by atoms with E-state index in [1.165, 1.54) is 22.1 Å². The largest absolute Gasteiger partial charge is 0.373 e. The second-order valence-corrected chi connectivity index (χ2v) is 8.63. The fourth-order valence-corrected chi connectivity index (χ4v) is 4.12. The van der Waals surface area contributed by atoms with E-state index in [-0.39, 0.29) is 0 Å². The molecular formula is C27H33N7. The van der Waals surface area contributed by atoms with Gasteiger partial charge in [0.1, 0.15) is 11.6 Å². The van der Waals surface area contributed by atoms with E-state index in [4.69, 9.17) is 0 Å². The van der Waals surface area contributed by atoms with E-state index in [0.717, 1.165) is 48.8 Å². The average molecular weight is 456 g/mol. The van der Waals surface area contributed by atoms with Gasteiger partial charge in [-0.3, -0.25) is 4.68 Å². The lowest BCUT2D eigenvalue weighted by Crippen LogP contribution is -2.45. The summed E-state index contributed by atoms with van der Waals surface area (Å²) in [5, 5.41) is 9.57. The summed E-state index contributed by atoms with van der Waals surface area (Å²) in [6.45, 7) is 10.3. The molecule has 5 rings (SSSR count). The number of nitrogens with zero attached hydrogens (tertiary/aromatic N) is 6. The number of likely N-dealkylation sites (N-methyl/N-ethyl adjacent to an activating group) is 1. The molecule has 0 atom stereocenters. The maximum atomic E-state index is 4.50. The zero-order valence-electron chi connectivity index (χ0n) is 20.5. The van der Waals surface area contributed by atoms with Crippen molar-refractivity contribution in [3.63, 3.8) is 0 Å². The Balaban J connectivity index is 0.000000162. The highest BCUT2D eigenvalue weighted by atomic mass is 15.3. The number of hydrogen-bond donors (Lipinski definition) is 1. The molecule has 176 valence electrons. The van der Waals surface area contributed by atoms with E-state index >= 15 is 0 Å². The van der Waals surface area contributed by atoms with Crippen LogP contribution in [-0.4, -0.2) is 64.9 Å². The van der Waals surface area contributed by atoms with Crippen LogP contribution in [0.1, 0.15) is 11.1 Å². The number of aromatic nitrogens is 4. The van der Waals surface area contributed by atoms with E-state index in [1.807, 2.05) is 55.7 Å². The molecule has 1 fully saturated rings. The van der Waals surface area contributed by atoms with Crippen LogP contribution < -0.4 is 10.2 Å². The first-order valence-electron chi connectivity index (χ1n) is 11.6. The number of rotatable bonds is 4. The van der Waals surface area contributed by atoms with Gasteiger partial charge in [0.25, 0.3) is 0 Å². The van der Waals surface area contributed by atoms with Gasteiger partial charge in [0, 0.05) is 69.8 Å². The minimum absolute atomic E-state index is 0.880. The van der Waals surface area contributed by atoms with Crippen LogP contribution in [0.25, 0.3) is 28.0 Å². The highest BCUT2D eigenvalue weighted by Gasteiger charge is 2.17. The second kappa shape index (κ2) is 10.5. The quantitative estimate of drug-likeness (QED) is 0.490. The van der Waals surface area contributed by atoms with E-state index in [9.17, 15) is 0 Å². The van der Waals surface area contributed by atoms with Crippen LogP contribution >= 0.6 is 0 Å². The number of fused-ring (bicyclic) bond motifs is 1. The molecule has 1 saturated heterocycles. The first-order chi connectivity index (χ1) is 16.5. The van der Waals surface area contributed by atoms with Crippen molar-refractivity contribution in [2.45, 2.75) is 6.92 Å². The van der Waals surface area contributed by atoms with Gasteiger partial charge in [-0.25, -0.2) is 9.97 Å². The summed E-state index contributed by atoms with van der Waals surface area (Å²) in [5.41, 5.74) is 4.72. The summed E-state index contributed by atoms with van der Waals surface area (Å²) < 4.78 is 1.81. The van der Waals surface area contributed by atoms with E-state index < -0.39 is 0 Å². The third-order valence-electron chi connectivity index (χ3n) is 6.26. The summed E-state index contributed by atoms with van der Waals surface area (Å²) in [5.74, 6) is 2.00. The molecule has 0 spiro atoms. The van der Waals surface area contributed by atoms with Crippen molar-refractivity contribution in [1.29, 1.82) is 0 Å². The van der Waals surface area contributed by atoms with Crippen molar-refractivity contribution < 1.29 is 0 Å². The van der Waals surface area contributed by atoms with Crippen LogP contribution in [0, 0.1) is 6.92 Å². The average Bonchev–Trinajstić information content (AvgIpc) is 3.31. The lowest BCUT2D eigenvalue weighted by molar-refractivity contribution is 0.312. The highest BCUT2D eigenvalue weighted by molar-refractivity contribution is 5.88. The summed E-state index contributed by atoms with van der Waals surface area (Å²) >= 11 is 0. The lowest BCUT2D eigenvalue weighted by Gasteiger charge is -2.34. The van der Waals surface area contributed by atoms with Gasteiger partial charge in [-0.05, 0) is 54.2 Å². The molecule has 0 aliphatic carbocycles. The van der Waals surface area contributed by atoms with Gasteiger partial charge >= 0.3 is 0 Å². The van der Waals surface area contributed by atoms with Crippen LogP contribution in [-0.2, 0) is 7.05 Å². The van der Waals surface area contributed by atoms with Crippen LogP contribution in [0.2, 0.25) is 0 Å². The third-order valence-corrected chi connectivity index (χ3v) is 6.26. The molecule has 0 saturated carbocycles. The number of nitrogens with one attached hydrogen (secondary N) is 1. The first kappa shape index (κ1) is 23.4. The number of anilines is 2. The number of aryl methyl sites for hydroxylation is 1. The Labute approximate surface area is 201 Å². The van der Waals surface area contributed by atoms with E-state index in [1.54, 1.807) is 0 Å². The Kier molecular flexibility index (Phi) is 7.23. The van der Waals surface area contributed by atoms with Crippen molar-refractivity contribution in [3.8, 4) is 11.1 Å². The first-order valence-corrected chi connectivity index (χ1v) is 11.6. The lowest BCUT2D eigenvalue weighted by atomic mass is 10.1. The van der Waals surface area contributed by atoms with Crippen LogP contribution in [0.15, 0.2) is 61.7 Å². The zero-order valence-corrected chi connectivity index (χ0v) is 20.5. The maximum absolute atomic E-state index is 4.50. The molecule has 34 heavy (non-hydrogen) atoms. The van der Waals surface area contributed by atoms with Gasteiger partial charge in [-0.15, -0.1) is 0 Å². The fourth-order valence-electron chi connectivity index (χ4n) is 4.12. The summed E-state index contributed by atoms with van der Waals surface area (Å²) in [6.07, 6.45) is 9.55. The van der Waals surface area contributed by atoms with Crippen molar-refractivity contribution in [3.05, 3.63) is 72.8 Å². The van der Waals surface area contributed by atoms with Crippen LogP contribution in [0.3, 0.4) is 0 Å². The molecule has 1 aliphatic heterocycles. The van der Waals surface area contributed by atoms with E-state index in [0.29, 0.717) is 0 Å².